The molecular formula is C22H28N4O4. The Morgan fingerprint density at radius 1 is 1.10 bits per heavy atom. The maximum atomic E-state index is 12.3. The van der Waals surface area contributed by atoms with Crippen LogP contribution in [0.25, 0.3) is 0 Å². The van der Waals surface area contributed by atoms with Gasteiger partial charge in [0.1, 0.15) is 12.4 Å². The summed E-state index contributed by atoms with van der Waals surface area (Å²) in [6.45, 7) is 8.82. The predicted molar refractivity (Wildman–Crippen MR) is 110 cm³/mol. The molecule has 160 valence electrons. The molecule has 1 aliphatic heterocycles. The van der Waals surface area contributed by atoms with Gasteiger partial charge in [-0.3, -0.25) is 4.98 Å². The number of aromatic nitrogens is 3. The third-order valence-corrected chi connectivity index (χ3v) is 5.75. The summed E-state index contributed by atoms with van der Waals surface area (Å²) in [6.07, 6.45) is 4.92. The Morgan fingerprint density at radius 3 is 2.47 bits per heavy atom. The van der Waals surface area contributed by atoms with E-state index in [4.69, 9.17) is 14.2 Å². The van der Waals surface area contributed by atoms with Crippen LogP contribution in [-0.4, -0.2) is 51.2 Å². The fourth-order valence-electron chi connectivity index (χ4n) is 4.24. The van der Waals surface area contributed by atoms with Crippen LogP contribution < -0.4 is 9.47 Å². The summed E-state index contributed by atoms with van der Waals surface area (Å²) < 4.78 is 17.7. The van der Waals surface area contributed by atoms with Gasteiger partial charge in [0.2, 0.25) is 11.8 Å². The Morgan fingerprint density at radius 2 is 1.80 bits per heavy atom. The molecule has 1 saturated carbocycles. The summed E-state index contributed by atoms with van der Waals surface area (Å²) in [5.74, 6) is 2.18. The van der Waals surface area contributed by atoms with Gasteiger partial charge >= 0.3 is 6.09 Å². The molecule has 8 heteroatoms. The third kappa shape index (κ3) is 4.17. The lowest BCUT2D eigenvalue weighted by atomic mass is 9.95. The molecule has 2 aliphatic rings. The number of piperidine rings is 1. The van der Waals surface area contributed by atoms with Crippen LogP contribution in [-0.2, 0) is 4.74 Å². The first-order chi connectivity index (χ1) is 14.4. The fraction of sp³-hybridized carbons (Fsp3) is 0.545. The number of ether oxygens (including phenoxy) is 3. The topological polar surface area (TPSA) is 86.7 Å². The fourth-order valence-corrected chi connectivity index (χ4v) is 4.24. The molecule has 1 aliphatic carbocycles. The quantitative estimate of drug-likeness (QED) is 0.736. The molecule has 2 unspecified atom stereocenters. The summed E-state index contributed by atoms with van der Waals surface area (Å²) in [6, 6.07) is 3.68. The molecular weight excluding hydrogens is 384 g/mol. The highest BCUT2D eigenvalue weighted by Crippen LogP contribution is 2.40. The number of carbonyl (C=O) groups is 1. The van der Waals surface area contributed by atoms with Gasteiger partial charge in [0.05, 0.1) is 17.4 Å². The Balaban J connectivity index is 1.47. The van der Waals surface area contributed by atoms with Gasteiger partial charge in [-0.15, -0.1) is 0 Å². The van der Waals surface area contributed by atoms with Gasteiger partial charge in [-0.2, -0.15) is 0 Å². The molecule has 3 heterocycles. The molecule has 2 aromatic heterocycles. The van der Waals surface area contributed by atoms with E-state index >= 15 is 0 Å². The van der Waals surface area contributed by atoms with E-state index in [0.717, 1.165) is 24.1 Å². The van der Waals surface area contributed by atoms with Crippen LogP contribution >= 0.6 is 0 Å². The third-order valence-electron chi connectivity index (χ3n) is 5.75. The van der Waals surface area contributed by atoms with Crippen molar-refractivity contribution in [3.8, 4) is 17.5 Å². The largest absolute Gasteiger partial charge is 0.473 e. The minimum Gasteiger partial charge on any atom is -0.473 e. The van der Waals surface area contributed by atoms with Crippen molar-refractivity contribution in [1.82, 2.24) is 19.9 Å². The molecule has 1 amide bonds. The molecule has 0 radical (unpaired) electrons. The van der Waals surface area contributed by atoms with Crippen molar-refractivity contribution in [2.45, 2.75) is 52.7 Å². The van der Waals surface area contributed by atoms with Crippen LogP contribution in [0.15, 0.2) is 24.7 Å². The van der Waals surface area contributed by atoms with Crippen molar-refractivity contribution in [3.63, 3.8) is 0 Å². The number of hydrogen-bond donors (Lipinski definition) is 0. The summed E-state index contributed by atoms with van der Waals surface area (Å²) >= 11 is 0. The van der Waals surface area contributed by atoms with E-state index in [1.807, 2.05) is 44.7 Å². The number of fused-ring (bicyclic) bond motifs is 2. The van der Waals surface area contributed by atoms with E-state index in [0.29, 0.717) is 30.6 Å². The lowest BCUT2D eigenvalue weighted by Gasteiger charge is -2.37. The lowest BCUT2D eigenvalue weighted by Crippen LogP contribution is -2.50. The van der Waals surface area contributed by atoms with Gasteiger partial charge < -0.3 is 19.1 Å². The molecule has 2 atom stereocenters. The minimum atomic E-state index is -0.235. The zero-order valence-corrected chi connectivity index (χ0v) is 17.9. The number of pyridine rings is 1. The lowest BCUT2D eigenvalue weighted by molar-refractivity contribution is 0.0151. The monoisotopic (exact) mass is 412 g/mol. The molecule has 0 aromatic carbocycles. The van der Waals surface area contributed by atoms with Gasteiger partial charge in [-0.05, 0) is 52.7 Å². The Bertz CT molecular complexity index is 906. The van der Waals surface area contributed by atoms with E-state index in [1.165, 1.54) is 6.33 Å². The second kappa shape index (κ2) is 8.45. The van der Waals surface area contributed by atoms with Crippen molar-refractivity contribution < 1.29 is 19.0 Å². The van der Waals surface area contributed by atoms with Crippen LogP contribution in [0.4, 0.5) is 4.79 Å². The van der Waals surface area contributed by atoms with Crippen molar-refractivity contribution in [2.75, 3.05) is 13.1 Å². The average molecular weight is 412 g/mol. The van der Waals surface area contributed by atoms with E-state index in [9.17, 15) is 4.79 Å². The molecule has 0 spiro atoms. The SMILES string of the molecule is Cc1ncccc1Oc1ncnc(OC2C3CCC2CN(C(=O)OC(C)C)C3)c1C. The van der Waals surface area contributed by atoms with E-state index in [-0.39, 0.29) is 30.1 Å². The maximum Gasteiger partial charge on any atom is 0.410 e. The summed E-state index contributed by atoms with van der Waals surface area (Å²) in [7, 11) is 0. The van der Waals surface area contributed by atoms with Crippen molar-refractivity contribution >= 4 is 6.09 Å². The zero-order valence-electron chi connectivity index (χ0n) is 17.9. The van der Waals surface area contributed by atoms with Crippen LogP contribution in [0.5, 0.6) is 17.5 Å². The van der Waals surface area contributed by atoms with Crippen LogP contribution in [0.2, 0.25) is 0 Å². The summed E-state index contributed by atoms with van der Waals surface area (Å²) in [5.41, 5.74) is 1.54. The highest BCUT2D eigenvalue weighted by Gasteiger charge is 2.45. The number of aryl methyl sites for hydroxylation is 1. The molecule has 2 aromatic rings. The van der Waals surface area contributed by atoms with E-state index in [2.05, 4.69) is 15.0 Å². The highest BCUT2D eigenvalue weighted by atomic mass is 16.6. The van der Waals surface area contributed by atoms with Gasteiger partial charge in [0.25, 0.3) is 0 Å². The van der Waals surface area contributed by atoms with Crippen molar-refractivity contribution in [3.05, 3.63) is 35.9 Å². The number of rotatable bonds is 5. The molecule has 1 saturated heterocycles. The second-order valence-electron chi connectivity index (χ2n) is 8.32. The summed E-state index contributed by atoms with van der Waals surface area (Å²) in [5, 5.41) is 0. The number of carbonyl (C=O) groups excluding carboxylic acids is 1. The van der Waals surface area contributed by atoms with Gasteiger partial charge in [-0.1, -0.05) is 0 Å². The van der Waals surface area contributed by atoms with Crippen molar-refractivity contribution in [2.24, 2.45) is 11.8 Å². The van der Waals surface area contributed by atoms with Crippen LogP contribution in [0.3, 0.4) is 0 Å². The molecule has 0 N–H and O–H groups in total. The first-order valence-electron chi connectivity index (χ1n) is 10.5. The Hall–Kier alpha value is -2.90. The highest BCUT2D eigenvalue weighted by molar-refractivity contribution is 5.68. The molecule has 30 heavy (non-hydrogen) atoms. The average Bonchev–Trinajstić information content (AvgIpc) is 2.93. The first kappa shape index (κ1) is 20.4. The van der Waals surface area contributed by atoms with Gasteiger partial charge in [0.15, 0.2) is 5.75 Å². The Kier molecular flexibility index (Phi) is 5.74. The maximum absolute atomic E-state index is 12.3. The molecule has 2 bridgehead atoms. The summed E-state index contributed by atoms with van der Waals surface area (Å²) in [4.78, 5) is 27.0. The minimum absolute atomic E-state index is 0.0229. The van der Waals surface area contributed by atoms with Crippen LogP contribution in [0, 0.1) is 25.7 Å². The van der Waals surface area contributed by atoms with Gasteiger partial charge in [0, 0.05) is 31.1 Å². The van der Waals surface area contributed by atoms with Crippen LogP contribution in [0.1, 0.15) is 37.9 Å². The molecule has 4 rings (SSSR count). The Labute approximate surface area is 176 Å². The number of nitrogens with zero attached hydrogens (tertiary/aromatic N) is 4. The first-order valence-corrected chi connectivity index (χ1v) is 10.5. The molecule has 8 nitrogen and oxygen atoms in total. The van der Waals surface area contributed by atoms with Gasteiger partial charge in [-0.25, -0.2) is 14.8 Å². The van der Waals surface area contributed by atoms with E-state index in [1.54, 1.807) is 6.20 Å². The van der Waals surface area contributed by atoms with Crippen molar-refractivity contribution in [1.29, 1.82) is 0 Å². The standard InChI is InChI=1S/C22H28N4O4/c1-13(2)28-22(27)26-10-16-7-8-17(11-26)19(16)30-21-14(3)20(24-12-25-21)29-18-6-5-9-23-15(18)4/h5-6,9,12-13,16-17,19H,7-8,10-11H2,1-4H3. The zero-order chi connectivity index (χ0) is 21.3. The smallest absolute Gasteiger partial charge is 0.410 e. The molecule has 2 fully saturated rings. The number of likely N-dealkylation sites (tertiary alicyclic amines) is 1. The number of hydrogen-bond acceptors (Lipinski definition) is 7. The number of amides is 1. The van der Waals surface area contributed by atoms with E-state index < -0.39 is 0 Å². The second-order valence-corrected chi connectivity index (χ2v) is 8.32. The normalized spacial score (nSPS) is 22.8. The predicted octanol–water partition coefficient (Wildman–Crippen LogP) is 3.91.